The molecule has 5 rings (SSSR count). The number of fused-ring (bicyclic) bond motifs is 1. The minimum atomic E-state index is -0.938. The Balaban J connectivity index is 0.000000188. The van der Waals surface area contributed by atoms with Crippen molar-refractivity contribution in [3.63, 3.8) is 0 Å². The van der Waals surface area contributed by atoms with Gasteiger partial charge in [-0.1, -0.05) is 103 Å². The lowest BCUT2D eigenvalue weighted by Crippen LogP contribution is -2.25. The molecule has 0 spiro atoms. The normalized spacial score (nSPS) is 10.6. The van der Waals surface area contributed by atoms with Crippen LogP contribution >= 0.6 is 0 Å². The maximum Gasteiger partial charge on any atom is 0.320 e. The Morgan fingerprint density at radius 3 is 1.62 bits per heavy atom. The number of carbonyl (C=O) groups is 2. The molecule has 0 radical (unpaired) electrons. The van der Waals surface area contributed by atoms with Gasteiger partial charge in [0.1, 0.15) is 13.2 Å². The third-order valence-corrected chi connectivity index (χ3v) is 6.71. The lowest BCUT2D eigenvalue weighted by molar-refractivity contribution is -0.162. The molecule has 40 heavy (non-hydrogen) atoms. The van der Waals surface area contributed by atoms with Crippen molar-refractivity contribution >= 4 is 22.8 Å². The third kappa shape index (κ3) is 7.70. The van der Waals surface area contributed by atoms with E-state index in [1.807, 2.05) is 60.7 Å². The molecule has 0 atom stereocenters. The highest BCUT2D eigenvalue weighted by Gasteiger charge is 2.24. The maximum absolute atomic E-state index is 11.8. The maximum atomic E-state index is 11.8. The summed E-state index contributed by atoms with van der Waals surface area (Å²) in [5, 5.41) is 1.37. The smallest absolute Gasteiger partial charge is 0.320 e. The number of hydrogen-bond donors (Lipinski definition) is 0. The van der Waals surface area contributed by atoms with Crippen LogP contribution < -0.4 is 0 Å². The van der Waals surface area contributed by atoms with E-state index in [4.69, 9.17) is 9.47 Å². The van der Waals surface area contributed by atoms with Gasteiger partial charge < -0.3 is 14.0 Å². The van der Waals surface area contributed by atoms with E-state index in [2.05, 4.69) is 73.0 Å². The lowest BCUT2D eigenvalue weighted by atomic mass is 10.1. The molecule has 0 fully saturated rings. The molecule has 0 amide bonds. The van der Waals surface area contributed by atoms with Gasteiger partial charge in [-0.25, -0.2) is 0 Å². The molecule has 0 N–H and O–H groups in total. The SMILES string of the molecule is CC(C(=O)OCc1ccccc1)C(=O)OCc1ccccc1.Cc1cccc2c1cc(C)n2Cc1ccccc1. The average molecular weight is 534 g/mol. The molecule has 0 aliphatic carbocycles. The molecule has 5 aromatic rings. The first-order valence-corrected chi connectivity index (χ1v) is 13.4. The summed E-state index contributed by atoms with van der Waals surface area (Å²) in [7, 11) is 0. The number of ether oxygens (including phenoxy) is 2. The number of aryl methyl sites for hydroxylation is 2. The number of hydrogen-bond acceptors (Lipinski definition) is 4. The second kappa shape index (κ2) is 13.9. The molecule has 204 valence electrons. The highest BCUT2D eigenvalue weighted by Crippen LogP contribution is 2.23. The van der Waals surface area contributed by atoms with Crippen molar-refractivity contribution in [1.29, 1.82) is 0 Å². The zero-order valence-corrected chi connectivity index (χ0v) is 23.2. The summed E-state index contributed by atoms with van der Waals surface area (Å²) in [5.41, 5.74) is 7.10. The Morgan fingerprint density at radius 2 is 1.12 bits per heavy atom. The molecule has 0 bridgehead atoms. The van der Waals surface area contributed by atoms with Crippen LogP contribution in [0.25, 0.3) is 10.9 Å². The van der Waals surface area contributed by atoms with Crippen LogP contribution in [0.1, 0.15) is 34.9 Å². The molecular formula is C35H35NO4. The van der Waals surface area contributed by atoms with Gasteiger partial charge in [-0.15, -0.1) is 0 Å². The van der Waals surface area contributed by atoms with E-state index in [0.29, 0.717) is 0 Å². The Morgan fingerprint density at radius 1 is 0.650 bits per heavy atom. The summed E-state index contributed by atoms with van der Waals surface area (Å²) in [6.45, 7) is 7.09. The summed E-state index contributed by atoms with van der Waals surface area (Å²) in [4.78, 5) is 23.7. The van der Waals surface area contributed by atoms with Crippen molar-refractivity contribution in [1.82, 2.24) is 4.57 Å². The Labute approximate surface area is 236 Å². The predicted molar refractivity (Wildman–Crippen MR) is 159 cm³/mol. The van der Waals surface area contributed by atoms with Crippen LogP contribution in [0.3, 0.4) is 0 Å². The largest absolute Gasteiger partial charge is 0.460 e. The molecule has 0 saturated heterocycles. The fourth-order valence-electron chi connectivity index (χ4n) is 4.34. The number of rotatable bonds is 8. The number of carbonyl (C=O) groups excluding carboxylic acids is 2. The first kappa shape index (κ1) is 28.4. The van der Waals surface area contributed by atoms with E-state index in [-0.39, 0.29) is 13.2 Å². The summed E-state index contributed by atoms with van der Waals surface area (Å²) in [6, 6.07) is 38.1. The minimum Gasteiger partial charge on any atom is -0.460 e. The Hall–Kier alpha value is -4.64. The summed E-state index contributed by atoms with van der Waals surface area (Å²) >= 11 is 0. The minimum absolute atomic E-state index is 0.149. The molecule has 0 saturated carbocycles. The van der Waals surface area contributed by atoms with Crippen molar-refractivity contribution < 1.29 is 19.1 Å². The highest BCUT2D eigenvalue weighted by molar-refractivity contribution is 5.94. The van der Waals surface area contributed by atoms with Gasteiger partial charge in [-0.05, 0) is 55.2 Å². The van der Waals surface area contributed by atoms with Gasteiger partial charge in [0.2, 0.25) is 0 Å². The summed E-state index contributed by atoms with van der Waals surface area (Å²) in [5.74, 6) is -2.10. The zero-order valence-electron chi connectivity index (χ0n) is 23.2. The Bertz CT molecular complexity index is 1470. The second-order valence-electron chi connectivity index (χ2n) is 9.77. The van der Waals surface area contributed by atoms with E-state index in [9.17, 15) is 9.59 Å². The first-order chi connectivity index (χ1) is 19.4. The summed E-state index contributed by atoms with van der Waals surface area (Å²) < 4.78 is 12.6. The molecule has 5 heteroatoms. The van der Waals surface area contributed by atoms with Gasteiger partial charge in [0.05, 0.1) is 0 Å². The van der Waals surface area contributed by atoms with Crippen LogP contribution in [-0.4, -0.2) is 16.5 Å². The van der Waals surface area contributed by atoms with Crippen molar-refractivity contribution in [3.05, 3.63) is 143 Å². The third-order valence-electron chi connectivity index (χ3n) is 6.71. The van der Waals surface area contributed by atoms with Crippen LogP contribution in [0.15, 0.2) is 115 Å². The quantitative estimate of drug-likeness (QED) is 0.154. The van der Waals surface area contributed by atoms with E-state index in [0.717, 1.165) is 17.7 Å². The van der Waals surface area contributed by atoms with Crippen LogP contribution in [0, 0.1) is 19.8 Å². The van der Waals surface area contributed by atoms with Crippen molar-refractivity contribution in [2.75, 3.05) is 0 Å². The van der Waals surface area contributed by atoms with Gasteiger partial charge in [-0.2, -0.15) is 0 Å². The van der Waals surface area contributed by atoms with Gasteiger partial charge in [0.25, 0.3) is 0 Å². The number of esters is 2. The molecule has 0 aliphatic heterocycles. The molecule has 1 heterocycles. The first-order valence-electron chi connectivity index (χ1n) is 13.4. The van der Waals surface area contributed by atoms with E-state index >= 15 is 0 Å². The standard InChI is InChI=1S/C18H18O4.C17H17N/c1-14(17(19)21-12-15-8-4-2-5-9-15)18(20)22-13-16-10-6-3-7-11-16;1-13-7-6-10-17-16(13)11-14(2)18(17)12-15-8-4-3-5-9-15/h2-11,14H,12-13H2,1H3;3-11H,12H2,1-2H3. The Kier molecular flexibility index (Phi) is 9.89. The van der Waals surface area contributed by atoms with Crippen molar-refractivity contribution in [2.24, 2.45) is 5.92 Å². The molecule has 5 nitrogen and oxygen atoms in total. The second-order valence-corrected chi connectivity index (χ2v) is 9.77. The van der Waals surface area contributed by atoms with Gasteiger partial charge in [0.15, 0.2) is 5.92 Å². The van der Waals surface area contributed by atoms with Crippen LogP contribution in [0.2, 0.25) is 0 Å². The summed E-state index contributed by atoms with van der Waals surface area (Å²) in [6.07, 6.45) is 0. The fraction of sp³-hybridized carbons (Fsp3) is 0.200. The van der Waals surface area contributed by atoms with Gasteiger partial charge >= 0.3 is 11.9 Å². The van der Waals surface area contributed by atoms with Gasteiger partial charge in [0, 0.05) is 23.1 Å². The molecule has 4 aromatic carbocycles. The van der Waals surface area contributed by atoms with Crippen molar-refractivity contribution in [3.8, 4) is 0 Å². The number of nitrogens with zero attached hydrogens (tertiary/aromatic N) is 1. The highest BCUT2D eigenvalue weighted by atomic mass is 16.6. The lowest BCUT2D eigenvalue weighted by Gasteiger charge is -2.11. The van der Waals surface area contributed by atoms with Crippen LogP contribution in [0.5, 0.6) is 0 Å². The van der Waals surface area contributed by atoms with E-state index in [1.165, 1.54) is 34.6 Å². The molecular weight excluding hydrogens is 498 g/mol. The number of aromatic nitrogens is 1. The van der Waals surface area contributed by atoms with Crippen LogP contribution in [0.4, 0.5) is 0 Å². The molecule has 1 aromatic heterocycles. The monoisotopic (exact) mass is 533 g/mol. The zero-order chi connectivity index (χ0) is 28.3. The van der Waals surface area contributed by atoms with E-state index < -0.39 is 17.9 Å². The van der Waals surface area contributed by atoms with Crippen molar-refractivity contribution in [2.45, 2.75) is 40.5 Å². The molecule has 0 aliphatic rings. The number of benzene rings is 4. The average Bonchev–Trinajstić information content (AvgIpc) is 3.32. The topological polar surface area (TPSA) is 57.5 Å². The van der Waals surface area contributed by atoms with Gasteiger partial charge in [-0.3, -0.25) is 9.59 Å². The predicted octanol–water partition coefficient (Wildman–Crippen LogP) is 7.42. The fourth-order valence-corrected chi connectivity index (χ4v) is 4.34. The van der Waals surface area contributed by atoms with Crippen LogP contribution in [-0.2, 0) is 38.8 Å². The van der Waals surface area contributed by atoms with E-state index in [1.54, 1.807) is 0 Å². The molecule has 0 unspecified atom stereocenters.